The predicted octanol–water partition coefficient (Wildman–Crippen LogP) is 4.42. The van der Waals surface area contributed by atoms with E-state index < -0.39 is 5.97 Å². The molecule has 0 aromatic heterocycles. The van der Waals surface area contributed by atoms with E-state index in [2.05, 4.69) is 60.7 Å². The standard InChI is InChI=1S/C20H17NO2S/c22-20(23)12-21-11-16(24-13-21)10-19-17-7-3-1-5-14(17)9-15-6-2-4-8-18(15)19/h1-10H,11-13H2,(H,22,23). The second-order valence-electron chi connectivity index (χ2n) is 6.00. The Kier molecular flexibility index (Phi) is 4.00. The van der Waals surface area contributed by atoms with Gasteiger partial charge in [0.2, 0.25) is 0 Å². The van der Waals surface area contributed by atoms with Crippen molar-refractivity contribution in [3.63, 3.8) is 0 Å². The number of carboxylic acid groups (broad SMARTS) is 1. The Morgan fingerprint density at radius 3 is 2.33 bits per heavy atom. The average molecular weight is 335 g/mol. The molecule has 1 aliphatic heterocycles. The monoisotopic (exact) mass is 335 g/mol. The van der Waals surface area contributed by atoms with Gasteiger partial charge in [0, 0.05) is 17.3 Å². The molecule has 0 spiro atoms. The fourth-order valence-corrected chi connectivity index (χ4v) is 4.24. The van der Waals surface area contributed by atoms with Gasteiger partial charge in [0.15, 0.2) is 0 Å². The highest BCUT2D eigenvalue weighted by molar-refractivity contribution is 8.03. The van der Waals surface area contributed by atoms with Crippen molar-refractivity contribution in [2.45, 2.75) is 0 Å². The van der Waals surface area contributed by atoms with Gasteiger partial charge >= 0.3 is 5.97 Å². The van der Waals surface area contributed by atoms with Crippen LogP contribution in [0.1, 0.15) is 5.56 Å². The molecule has 1 heterocycles. The highest BCUT2D eigenvalue weighted by Gasteiger charge is 2.19. The average Bonchev–Trinajstić information content (AvgIpc) is 3.01. The third kappa shape index (κ3) is 2.90. The normalized spacial score (nSPS) is 17.1. The molecule has 3 nitrogen and oxygen atoms in total. The second-order valence-corrected chi connectivity index (χ2v) is 7.07. The van der Waals surface area contributed by atoms with Crippen LogP contribution in [-0.4, -0.2) is 34.9 Å². The van der Waals surface area contributed by atoms with E-state index in [1.54, 1.807) is 11.8 Å². The lowest BCUT2D eigenvalue weighted by Crippen LogP contribution is -2.26. The van der Waals surface area contributed by atoms with E-state index in [0.717, 1.165) is 5.88 Å². The summed E-state index contributed by atoms with van der Waals surface area (Å²) >= 11 is 1.73. The number of rotatable bonds is 3. The fourth-order valence-electron chi connectivity index (χ4n) is 3.23. The Balaban J connectivity index is 1.83. The van der Waals surface area contributed by atoms with Crippen molar-refractivity contribution < 1.29 is 9.90 Å². The lowest BCUT2D eigenvalue weighted by molar-refractivity contribution is -0.137. The third-order valence-electron chi connectivity index (χ3n) is 4.29. The number of aliphatic carboxylic acids is 1. The van der Waals surface area contributed by atoms with Crippen LogP contribution < -0.4 is 0 Å². The zero-order valence-corrected chi connectivity index (χ0v) is 13.9. The van der Waals surface area contributed by atoms with E-state index in [1.807, 2.05) is 4.90 Å². The molecule has 0 radical (unpaired) electrons. The molecule has 1 N–H and O–H groups in total. The van der Waals surface area contributed by atoms with E-state index in [-0.39, 0.29) is 6.54 Å². The first-order valence-electron chi connectivity index (χ1n) is 7.89. The first-order valence-corrected chi connectivity index (χ1v) is 8.87. The lowest BCUT2D eigenvalue weighted by Gasteiger charge is -2.10. The van der Waals surface area contributed by atoms with Crippen molar-refractivity contribution in [3.8, 4) is 0 Å². The molecule has 0 atom stereocenters. The van der Waals surface area contributed by atoms with Gasteiger partial charge in [0.1, 0.15) is 0 Å². The minimum absolute atomic E-state index is 0.0978. The van der Waals surface area contributed by atoms with E-state index in [0.29, 0.717) is 6.54 Å². The van der Waals surface area contributed by atoms with Crippen LogP contribution in [0.25, 0.3) is 27.6 Å². The zero-order valence-electron chi connectivity index (χ0n) is 13.1. The molecule has 1 aliphatic rings. The lowest BCUT2D eigenvalue weighted by atomic mass is 9.96. The number of hydrogen-bond donors (Lipinski definition) is 1. The summed E-state index contributed by atoms with van der Waals surface area (Å²) < 4.78 is 0. The van der Waals surface area contributed by atoms with Crippen molar-refractivity contribution in [1.82, 2.24) is 4.90 Å². The number of carboxylic acids is 1. The molecular formula is C20H17NO2S. The van der Waals surface area contributed by atoms with E-state index in [1.165, 1.54) is 32.0 Å². The second kappa shape index (κ2) is 6.30. The number of nitrogens with zero attached hydrogens (tertiary/aromatic N) is 1. The van der Waals surface area contributed by atoms with Crippen molar-refractivity contribution in [1.29, 1.82) is 0 Å². The first kappa shape index (κ1) is 15.2. The quantitative estimate of drug-likeness (QED) is 0.719. The van der Waals surface area contributed by atoms with E-state index >= 15 is 0 Å². The molecule has 4 rings (SSSR count). The third-order valence-corrected chi connectivity index (χ3v) is 5.40. The van der Waals surface area contributed by atoms with Crippen LogP contribution >= 0.6 is 11.8 Å². The Morgan fingerprint density at radius 2 is 1.71 bits per heavy atom. The minimum Gasteiger partial charge on any atom is -0.480 e. The van der Waals surface area contributed by atoms with Gasteiger partial charge in [-0.1, -0.05) is 48.5 Å². The molecule has 24 heavy (non-hydrogen) atoms. The van der Waals surface area contributed by atoms with Gasteiger partial charge in [-0.2, -0.15) is 0 Å². The van der Waals surface area contributed by atoms with Crippen LogP contribution in [-0.2, 0) is 4.79 Å². The van der Waals surface area contributed by atoms with Crippen LogP contribution in [0.3, 0.4) is 0 Å². The maximum Gasteiger partial charge on any atom is 0.317 e. The summed E-state index contributed by atoms with van der Waals surface area (Å²) in [5, 5.41) is 13.9. The van der Waals surface area contributed by atoms with Gasteiger partial charge in [0.05, 0.1) is 6.54 Å². The fraction of sp³-hybridized carbons (Fsp3) is 0.150. The molecule has 0 bridgehead atoms. The van der Waals surface area contributed by atoms with Gasteiger partial charge in [-0.05, 0) is 39.3 Å². The van der Waals surface area contributed by atoms with E-state index in [9.17, 15) is 4.79 Å². The molecule has 120 valence electrons. The van der Waals surface area contributed by atoms with Gasteiger partial charge in [-0.25, -0.2) is 0 Å². The zero-order chi connectivity index (χ0) is 16.5. The first-order chi connectivity index (χ1) is 11.7. The topological polar surface area (TPSA) is 40.5 Å². The maximum atomic E-state index is 10.9. The molecule has 3 aromatic carbocycles. The van der Waals surface area contributed by atoms with Gasteiger partial charge < -0.3 is 5.11 Å². The maximum absolute atomic E-state index is 10.9. The largest absolute Gasteiger partial charge is 0.480 e. The van der Waals surface area contributed by atoms with Crippen LogP contribution in [0.15, 0.2) is 59.5 Å². The van der Waals surface area contributed by atoms with E-state index in [4.69, 9.17) is 5.11 Å². The SMILES string of the molecule is O=C(O)CN1CSC(=Cc2c3ccccc3cc3ccccc23)C1. The summed E-state index contributed by atoms with van der Waals surface area (Å²) in [6.45, 7) is 0.801. The predicted molar refractivity (Wildman–Crippen MR) is 101 cm³/mol. The summed E-state index contributed by atoms with van der Waals surface area (Å²) in [6, 6.07) is 19.1. The number of hydrogen-bond acceptors (Lipinski definition) is 3. The Hall–Kier alpha value is -2.30. The highest BCUT2D eigenvalue weighted by Crippen LogP contribution is 2.34. The number of fused-ring (bicyclic) bond motifs is 2. The molecule has 1 saturated heterocycles. The van der Waals surface area contributed by atoms with Crippen LogP contribution in [0, 0.1) is 0 Å². The summed E-state index contributed by atoms with van der Waals surface area (Å²) in [5.41, 5.74) is 1.23. The molecule has 0 saturated carbocycles. The summed E-state index contributed by atoms with van der Waals surface area (Å²) in [5.74, 6) is -0.0339. The Labute approximate surface area is 144 Å². The molecule has 0 aliphatic carbocycles. The number of thioether (sulfide) groups is 1. The van der Waals surface area contributed by atoms with Crippen molar-refractivity contribution in [2.75, 3.05) is 19.0 Å². The molecule has 1 fully saturated rings. The molecular weight excluding hydrogens is 318 g/mol. The highest BCUT2D eigenvalue weighted by atomic mass is 32.2. The van der Waals surface area contributed by atoms with Crippen LogP contribution in [0.2, 0.25) is 0 Å². The molecule has 0 unspecified atom stereocenters. The van der Waals surface area contributed by atoms with Crippen molar-refractivity contribution in [2.24, 2.45) is 0 Å². The smallest absolute Gasteiger partial charge is 0.317 e. The van der Waals surface area contributed by atoms with Crippen LogP contribution in [0.4, 0.5) is 0 Å². The molecule has 0 amide bonds. The van der Waals surface area contributed by atoms with Crippen molar-refractivity contribution >= 4 is 45.4 Å². The number of carbonyl (C=O) groups is 1. The Bertz CT molecular complexity index is 910. The number of benzene rings is 3. The minimum atomic E-state index is -0.771. The van der Waals surface area contributed by atoms with Gasteiger partial charge in [-0.15, -0.1) is 11.8 Å². The van der Waals surface area contributed by atoms with Gasteiger partial charge in [0.25, 0.3) is 0 Å². The van der Waals surface area contributed by atoms with Gasteiger partial charge in [-0.3, -0.25) is 9.69 Å². The summed E-state index contributed by atoms with van der Waals surface area (Å²) in [6.07, 6.45) is 2.23. The molecule has 4 heteroatoms. The van der Waals surface area contributed by atoms with Crippen molar-refractivity contribution in [3.05, 3.63) is 65.1 Å². The summed E-state index contributed by atoms with van der Waals surface area (Å²) in [4.78, 5) is 14.1. The van der Waals surface area contributed by atoms with Crippen LogP contribution in [0.5, 0.6) is 0 Å². The Morgan fingerprint density at radius 1 is 1.08 bits per heavy atom. The molecule has 3 aromatic rings. The summed E-state index contributed by atoms with van der Waals surface area (Å²) in [7, 11) is 0.